The Hall–Kier alpha value is -1.32. The number of nitrogens with zero attached hydrogens (tertiary/aromatic N) is 3. The Morgan fingerprint density at radius 2 is 2.27 bits per heavy atom. The van der Waals surface area contributed by atoms with E-state index in [1.54, 1.807) is 10.9 Å². The van der Waals surface area contributed by atoms with Crippen molar-refractivity contribution in [1.29, 1.82) is 0 Å². The van der Waals surface area contributed by atoms with Gasteiger partial charge in [-0.25, -0.2) is 0 Å². The summed E-state index contributed by atoms with van der Waals surface area (Å²) in [6.07, 6.45) is 2.40. The summed E-state index contributed by atoms with van der Waals surface area (Å²) in [6, 6.07) is 1.89. The molecule has 4 nitrogen and oxygen atoms in total. The molecule has 1 aliphatic heterocycles. The third-order valence-electron chi connectivity index (χ3n) is 3.17. The Bertz CT molecular complexity index is 370. The van der Waals surface area contributed by atoms with E-state index in [0.29, 0.717) is 18.3 Å². The normalized spacial score (nSPS) is 21.7. The fourth-order valence-electron chi connectivity index (χ4n) is 2.03. The van der Waals surface area contributed by atoms with Crippen LogP contribution in [0.1, 0.15) is 20.3 Å². The molecule has 1 unspecified atom stereocenters. The zero-order valence-electron chi connectivity index (χ0n) is 9.47. The van der Waals surface area contributed by atoms with Gasteiger partial charge >= 0.3 is 0 Å². The van der Waals surface area contributed by atoms with Crippen LogP contribution in [0.4, 0.5) is 5.82 Å². The number of hydrogen-bond donors (Lipinski definition) is 0. The van der Waals surface area contributed by atoms with Crippen LogP contribution in [0, 0.1) is 11.8 Å². The van der Waals surface area contributed by atoms with Crippen LogP contribution in [0.5, 0.6) is 0 Å². The van der Waals surface area contributed by atoms with Crippen molar-refractivity contribution >= 4 is 11.7 Å². The number of carbonyl (C=O) groups excluding carboxylic acids is 1. The summed E-state index contributed by atoms with van der Waals surface area (Å²) in [5.41, 5.74) is 0. The predicted molar refractivity (Wildman–Crippen MR) is 58.5 cm³/mol. The molecular weight excluding hydrogens is 190 g/mol. The van der Waals surface area contributed by atoms with Gasteiger partial charge in [-0.1, -0.05) is 13.8 Å². The molecule has 1 aromatic heterocycles. The van der Waals surface area contributed by atoms with Gasteiger partial charge in [-0.3, -0.25) is 14.4 Å². The minimum Gasteiger partial charge on any atom is -0.297 e. The monoisotopic (exact) mass is 207 g/mol. The third kappa shape index (κ3) is 1.76. The highest BCUT2D eigenvalue weighted by atomic mass is 16.2. The van der Waals surface area contributed by atoms with Gasteiger partial charge in [0.2, 0.25) is 5.91 Å². The van der Waals surface area contributed by atoms with Crippen molar-refractivity contribution in [2.45, 2.75) is 20.3 Å². The fraction of sp³-hybridized carbons (Fsp3) is 0.636. The molecule has 0 radical (unpaired) electrons. The molecule has 4 heteroatoms. The summed E-state index contributed by atoms with van der Waals surface area (Å²) in [5.74, 6) is 2.17. The zero-order chi connectivity index (χ0) is 11.0. The molecular formula is C11H17N3O. The molecule has 1 aromatic rings. The molecule has 0 bridgehead atoms. The van der Waals surface area contributed by atoms with Gasteiger partial charge in [0.05, 0.1) is 6.20 Å². The van der Waals surface area contributed by atoms with Gasteiger partial charge in [-0.05, 0) is 11.8 Å². The average molecular weight is 207 g/mol. The molecule has 2 heterocycles. The molecule has 0 N–H and O–H groups in total. The van der Waals surface area contributed by atoms with Crippen molar-refractivity contribution in [1.82, 2.24) is 9.78 Å². The average Bonchev–Trinajstić information content (AvgIpc) is 2.71. The predicted octanol–water partition coefficient (Wildman–Crippen LogP) is 1.43. The van der Waals surface area contributed by atoms with Gasteiger partial charge in [0.1, 0.15) is 5.82 Å². The SMILES string of the molecule is CC(C)C1CC(=O)N(c2ccnn2C)C1. The highest BCUT2D eigenvalue weighted by Crippen LogP contribution is 2.28. The van der Waals surface area contributed by atoms with E-state index >= 15 is 0 Å². The molecule has 0 aliphatic carbocycles. The minimum atomic E-state index is 0.220. The molecule has 1 aliphatic rings. The highest BCUT2D eigenvalue weighted by molar-refractivity contribution is 5.94. The van der Waals surface area contributed by atoms with Crippen LogP contribution in [0.3, 0.4) is 0 Å². The van der Waals surface area contributed by atoms with Crippen LogP contribution in [0.15, 0.2) is 12.3 Å². The van der Waals surface area contributed by atoms with E-state index in [0.717, 1.165) is 12.4 Å². The zero-order valence-corrected chi connectivity index (χ0v) is 9.47. The van der Waals surface area contributed by atoms with Crippen LogP contribution < -0.4 is 4.90 Å². The van der Waals surface area contributed by atoms with Gasteiger partial charge < -0.3 is 0 Å². The topological polar surface area (TPSA) is 38.1 Å². The maximum atomic E-state index is 11.8. The summed E-state index contributed by atoms with van der Waals surface area (Å²) in [4.78, 5) is 13.7. The number of anilines is 1. The maximum Gasteiger partial charge on any atom is 0.228 e. The lowest BCUT2D eigenvalue weighted by atomic mass is 9.95. The third-order valence-corrected chi connectivity index (χ3v) is 3.17. The lowest BCUT2D eigenvalue weighted by Gasteiger charge is -2.17. The summed E-state index contributed by atoms with van der Waals surface area (Å²) in [6.45, 7) is 5.17. The maximum absolute atomic E-state index is 11.8. The van der Waals surface area contributed by atoms with Gasteiger partial charge in [0.25, 0.3) is 0 Å². The largest absolute Gasteiger partial charge is 0.297 e. The molecule has 2 rings (SSSR count). The summed E-state index contributed by atoms with van der Waals surface area (Å²) in [7, 11) is 1.87. The molecule has 15 heavy (non-hydrogen) atoms. The molecule has 82 valence electrons. The van der Waals surface area contributed by atoms with E-state index in [4.69, 9.17) is 0 Å². The molecule has 1 fully saturated rings. The van der Waals surface area contributed by atoms with Gasteiger partial charge in [-0.15, -0.1) is 0 Å². The smallest absolute Gasteiger partial charge is 0.228 e. The number of carbonyl (C=O) groups is 1. The first-order valence-corrected chi connectivity index (χ1v) is 5.38. The molecule has 0 aromatic carbocycles. The van der Waals surface area contributed by atoms with E-state index in [1.165, 1.54) is 0 Å². The van der Waals surface area contributed by atoms with Crippen molar-refractivity contribution in [2.24, 2.45) is 18.9 Å². The van der Waals surface area contributed by atoms with Crippen molar-refractivity contribution < 1.29 is 4.79 Å². The lowest BCUT2D eigenvalue weighted by Crippen LogP contribution is -2.27. The molecule has 1 atom stereocenters. The minimum absolute atomic E-state index is 0.220. The molecule has 0 saturated carbocycles. The van der Waals surface area contributed by atoms with E-state index < -0.39 is 0 Å². The number of hydrogen-bond acceptors (Lipinski definition) is 2. The number of amides is 1. The van der Waals surface area contributed by atoms with Crippen molar-refractivity contribution in [2.75, 3.05) is 11.4 Å². The number of aromatic nitrogens is 2. The molecule has 1 saturated heterocycles. The number of rotatable bonds is 2. The van der Waals surface area contributed by atoms with E-state index in [2.05, 4.69) is 18.9 Å². The Morgan fingerprint density at radius 3 is 2.73 bits per heavy atom. The second-order valence-corrected chi connectivity index (χ2v) is 4.53. The first-order chi connectivity index (χ1) is 7.09. The number of aryl methyl sites for hydroxylation is 1. The fourth-order valence-corrected chi connectivity index (χ4v) is 2.03. The summed E-state index contributed by atoms with van der Waals surface area (Å²) >= 11 is 0. The van der Waals surface area contributed by atoms with Crippen LogP contribution in [0.2, 0.25) is 0 Å². The first-order valence-electron chi connectivity index (χ1n) is 5.38. The molecule has 0 spiro atoms. The summed E-state index contributed by atoms with van der Waals surface area (Å²) in [5, 5.41) is 4.09. The molecule has 1 amide bonds. The second-order valence-electron chi connectivity index (χ2n) is 4.53. The first kappa shape index (κ1) is 10.2. The van der Waals surface area contributed by atoms with E-state index in [9.17, 15) is 4.79 Å². The summed E-state index contributed by atoms with van der Waals surface area (Å²) < 4.78 is 1.75. The Labute approximate surface area is 89.9 Å². The van der Waals surface area contributed by atoms with Crippen molar-refractivity contribution in [3.63, 3.8) is 0 Å². The Balaban J connectivity index is 2.19. The van der Waals surface area contributed by atoms with Gasteiger partial charge in [-0.2, -0.15) is 5.10 Å². The second kappa shape index (κ2) is 3.68. The Kier molecular flexibility index (Phi) is 2.50. The van der Waals surface area contributed by atoms with Gasteiger partial charge in [0, 0.05) is 26.1 Å². The quantitative estimate of drug-likeness (QED) is 0.735. The van der Waals surface area contributed by atoms with Crippen LogP contribution in [-0.4, -0.2) is 22.2 Å². The van der Waals surface area contributed by atoms with Crippen molar-refractivity contribution in [3.8, 4) is 0 Å². The lowest BCUT2D eigenvalue weighted by molar-refractivity contribution is -0.117. The van der Waals surface area contributed by atoms with Crippen LogP contribution in [0.25, 0.3) is 0 Å². The Morgan fingerprint density at radius 1 is 1.53 bits per heavy atom. The standard InChI is InChI=1S/C11H17N3O/c1-8(2)9-6-11(15)14(7-9)10-4-5-12-13(10)3/h4-5,8-9H,6-7H2,1-3H3. The highest BCUT2D eigenvalue weighted by Gasteiger charge is 2.33. The van der Waals surface area contributed by atoms with E-state index in [-0.39, 0.29) is 5.91 Å². The van der Waals surface area contributed by atoms with Crippen LogP contribution in [-0.2, 0) is 11.8 Å². The van der Waals surface area contributed by atoms with E-state index in [1.807, 2.05) is 18.0 Å². The van der Waals surface area contributed by atoms with Crippen molar-refractivity contribution in [3.05, 3.63) is 12.3 Å². The van der Waals surface area contributed by atoms with Gasteiger partial charge in [0.15, 0.2) is 0 Å². The van der Waals surface area contributed by atoms with Crippen LogP contribution >= 0.6 is 0 Å².